The molecule has 0 fully saturated rings. The molecule has 0 saturated carbocycles. The number of rotatable bonds is 5. The van der Waals surface area contributed by atoms with Gasteiger partial charge in [0.05, 0.1) is 0 Å². The molecule has 1 N–H and O–H groups in total. The van der Waals surface area contributed by atoms with Crippen LogP contribution in [-0.4, -0.2) is 10.6 Å². The zero-order valence-corrected chi connectivity index (χ0v) is 9.45. The Labute approximate surface area is 92.0 Å². The number of aromatic nitrogens is 1. The van der Waals surface area contributed by atoms with Gasteiger partial charge in [-0.15, -0.1) is 0 Å². The van der Waals surface area contributed by atoms with Crippen molar-refractivity contribution in [3.05, 3.63) is 36.2 Å². The Hall–Kier alpha value is -1.02. The Morgan fingerprint density at radius 2 is 2.20 bits per heavy atom. The number of hydrogen-bond donors (Lipinski definition) is 1. The topological polar surface area (TPSA) is 17.0 Å². The molecule has 0 atom stereocenters. The van der Waals surface area contributed by atoms with E-state index in [1.54, 1.807) is 0 Å². The molecular formula is C13H20N2. The molecule has 0 aliphatic heterocycles. The predicted octanol–water partition coefficient (Wildman–Crippen LogP) is 2.71. The van der Waals surface area contributed by atoms with Gasteiger partial charge in [0.1, 0.15) is 0 Å². The molecule has 0 aromatic carbocycles. The largest absolute Gasteiger partial charge is 0.350 e. The van der Waals surface area contributed by atoms with E-state index in [-0.39, 0.29) is 0 Å². The van der Waals surface area contributed by atoms with Crippen LogP contribution in [0.4, 0.5) is 0 Å². The molecule has 0 radical (unpaired) electrons. The van der Waals surface area contributed by atoms with Gasteiger partial charge in [0.15, 0.2) is 0 Å². The maximum absolute atomic E-state index is 3.60. The van der Waals surface area contributed by atoms with Crippen molar-refractivity contribution in [1.82, 2.24) is 9.88 Å². The van der Waals surface area contributed by atoms with E-state index in [4.69, 9.17) is 0 Å². The number of nitrogens with one attached hydrogen (secondary N) is 1. The maximum atomic E-state index is 3.60. The first-order chi connectivity index (χ1) is 7.40. The van der Waals surface area contributed by atoms with Crippen molar-refractivity contribution >= 4 is 0 Å². The van der Waals surface area contributed by atoms with Crippen molar-refractivity contribution < 1.29 is 0 Å². The molecule has 2 rings (SSSR count). The molecular weight excluding hydrogens is 184 g/mol. The second-order valence-corrected chi connectivity index (χ2v) is 4.21. The Morgan fingerprint density at radius 1 is 1.40 bits per heavy atom. The van der Waals surface area contributed by atoms with Gasteiger partial charge in [-0.2, -0.15) is 0 Å². The van der Waals surface area contributed by atoms with E-state index in [1.165, 1.54) is 25.0 Å². The average Bonchev–Trinajstić information content (AvgIpc) is 2.85. The zero-order chi connectivity index (χ0) is 10.5. The fourth-order valence-electron chi connectivity index (χ4n) is 2.10. The third kappa shape index (κ3) is 2.72. The SMILES string of the molecule is CCCn1cccc1CNC1CC=CC1. The van der Waals surface area contributed by atoms with E-state index in [0.717, 1.165) is 13.1 Å². The Balaban J connectivity index is 1.84. The second-order valence-electron chi connectivity index (χ2n) is 4.21. The third-order valence-electron chi connectivity index (χ3n) is 2.97. The number of hydrogen-bond acceptors (Lipinski definition) is 1. The van der Waals surface area contributed by atoms with E-state index in [9.17, 15) is 0 Å². The lowest BCUT2D eigenvalue weighted by atomic mass is 10.2. The maximum Gasteiger partial charge on any atom is 0.0361 e. The van der Waals surface area contributed by atoms with Crippen molar-refractivity contribution in [3.8, 4) is 0 Å². The van der Waals surface area contributed by atoms with Gasteiger partial charge in [-0.25, -0.2) is 0 Å². The first-order valence-electron chi connectivity index (χ1n) is 5.92. The van der Waals surface area contributed by atoms with Gasteiger partial charge in [0.25, 0.3) is 0 Å². The summed E-state index contributed by atoms with van der Waals surface area (Å²) >= 11 is 0. The molecule has 0 amide bonds. The average molecular weight is 204 g/mol. The van der Waals surface area contributed by atoms with Crippen LogP contribution in [0.5, 0.6) is 0 Å². The molecule has 82 valence electrons. The lowest BCUT2D eigenvalue weighted by molar-refractivity contribution is 0.516. The van der Waals surface area contributed by atoms with E-state index in [0.29, 0.717) is 6.04 Å². The zero-order valence-electron chi connectivity index (χ0n) is 9.45. The summed E-state index contributed by atoms with van der Waals surface area (Å²) < 4.78 is 2.34. The minimum Gasteiger partial charge on any atom is -0.350 e. The van der Waals surface area contributed by atoms with Gasteiger partial charge in [-0.05, 0) is 31.4 Å². The van der Waals surface area contributed by atoms with Gasteiger partial charge in [-0.1, -0.05) is 19.1 Å². The van der Waals surface area contributed by atoms with E-state index in [2.05, 4.69) is 47.3 Å². The summed E-state index contributed by atoms with van der Waals surface area (Å²) in [5.41, 5.74) is 1.41. The van der Waals surface area contributed by atoms with Crippen LogP contribution < -0.4 is 5.32 Å². The van der Waals surface area contributed by atoms with Gasteiger partial charge < -0.3 is 9.88 Å². The van der Waals surface area contributed by atoms with E-state index >= 15 is 0 Å². The lowest BCUT2D eigenvalue weighted by Crippen LogP contribution is -2.26. The van der Waals surface area contributed by atoms with Crippen LogP contribution in [0.1, 0.15) is 31.9 Å². The Morgan fingerprint density at radius 3 is 2.93 bits per heavy atom. The number of nitrogens with zero attached hydrogens (tertiary/aromatic N) is 1. The smallest absolute Gasteiger partial charge is 0.0361 e. The normalized spacial score (nSPS) is 16.3. The quantitative estimate of drug-likeness (QED) is 0.730. The van der Waals surface area contributed by atoms with Crippen molar-refractivity contribution in [2.75, 3.05) is 0 Å². The highest BCUT2D eigenvalue weighted by Gasteiger charge is 2.09. The minimum absolute atomic E-state index is 0.662. The van der Waals surface area contributed by atoms with E-state index < -0.39 is 0 Å². The third-order valence-corrected chi connectivity index (χ3v) is 2.97. The number of aryl methyl sites for hydroxylation is 1. The van der Waals surface area contributed by atoms with Crippen LogP contribution >= 0.6 is 0 Å². The summed E-state index contributed by atoms with van der Waals surface area (Å²) in [7, 11) is 0. The van der Waals surface area contributed by atoms with Crippen molar-refractivity contribution in [3.63, 3.8) is 0 Å². The van der Waals surface area contributed by atoms with Crippen LogP contribution in [0.3, 0.4) is 0 Å². The van der Waals surface area contributed by atoms with Gasteiger partial charge in [0, 0.05) is 31.0 Å². The summed E-state index contributed by atoms with van der Waals surface area (Å²) in [5, 5.41) is 3.60. The minimum atomic E-state index is 0.662. The fourth-order valence-corrected chi connectivity index (χ4v) is 2.10. The van der Waals surface area contributed by atoms with Crippen LogP contribution in [-0.2, 0) is 13.1 Å². The standard InChI is InChI=1S/C13H20N2/c1-2-9-15-10-5-8-13(15)11-14-12-6-3-4-7-12/h3-5,8,10,12,14H,2,6-7,9,11H2,1H3. The molecule has 0 bridgehead atoms. The second kappa shape index (κ2) is 5.17. The first-order valence-corrected chi connectivity index (χ1v) is 5.92. The van der Waals surface area contributed by atoms with Crippen LogP contribution in [0, 0.1) is 0 Å². The Bertz CT molecular complexity index is 317. The molecule has 2 nitrogen and oxygen atoms in total. The molecule has 0 unspecified atom stereocenters. The molecule has 15 heavy (non-hydrogen) atoms. The summed E-state index contributed by atoms with van der Waals surface area (Å²) in [6, 6.07) is 5.01. The lowest BCUT2D eigenvalue weighted by Gasteiger charge is -2.13. The summed E-state index contributed by atoms with van der Waals surface area (Å²) in [6.07, 6.45) is 10.3. The summed E-state index contributed by atoms with van der Waals surface area (Å²) in [4.78, 5) is 0. The molecule has 0 spiro atoms. The molecule has 1 aromatic rings. The van der Waals surface area contributed by atoms with Gasteiger partial charge in [0.2, 0.25) is 0 Å². The fraction of sp³-hybridized carbons (Fsp3) is 0.538. The molecule has 1 aliphatic carbocycles. The monoisotopic (exact) mass is 204 g/mol. The molecule has 0 saturated heterocycles. The van der Waals surface area contributed by atoms with Crippen molar-refractivity contribution in [2.24, 2.45) is 0 Å². The van der Waals surface area contributed by atoms with Gasteiger partial charge >= 0.3 is 0 Å². The molecule has 1 aliphatic rings. The highest BCUT2D eigenvalue weighted by atomic mass is 15.0. The first kappa shape index (κ1) is 10.5. The highest BCUT2D eigenvalue weighted by molar-refractivity contribution is 5.08. The van der Waals surface area contributed by atoms with Crippen molar-refractivity contribution in [1.29, 1.82) is 0 Å². The molecule has 2 heteroatoms. The summed E-state index contributed by atoms with van der Waals surface area (Å²) in [6.45, 7) is 4.35. The van der Waals surface area contributed by atoms with Crippen LogP contribution in [0.25, 0.3) is 0 Å². The Kier molecular flexibility index (Phi) is 3.62. The van der Waals surface area contributed by atoms with Crippen LogP contribution in [0.2, 0.25) is 0 Å². The van der Waals surface area contributed by atoms with Crippen molar-refractivity contribution in [2.45, 2.75) is 45.3 Å². The van der Waals surface area contributed by atoms with E-state index in [1.807, 2.05) is 0 Å². The van der Waals surface area contributed by atoms with Gasteiger partial charge in [-0.3, -0.25) is 0 Å². The van der Waals surface area contributed by atoms with Crippen LogP contribution in [0.15, 0.2) is 30.5 Å². The molecule has 1 heterocycles. The predicted molar refractivity (Wildman–Crippen MR) is 63.7 cm³/mol. The molecule has 1 aromatic heterocycles. The highest BCUT2D eigenvalue weighted by Crippen LogP contribution is 2.11. The summed E-state index contributed by atoms with van der Waals surface area (Å²) in [5.74, 6) is 0.